The zero-order valence-electron chi connectivity index (χ0n) is 16.1. The van der Waals surface area contributed by atoms with E-state index >= 15 is 0 Å². The number of nitrogens with two attached hydrogens (primary N) is 1. The Balaban J connectivity index is 1.52. The van der Waals surface area contributed by atoms with Crippen LogP contribution in [-0.4, -0.2) is 54.2 Å². The lowest BCUT2D eigenvalue weighted by Crippen LogP contribution is -2.71. The van der Waals surface area contributed by atoms with Crippen LogP contribution in [0.5, 0.6) is 0 Å². The van der Waals surface area contributed by atoms with E-state index in [-0.39, 0.29) is 20.9 Å². The molecule has 0 aliphatic carbocycles. The molecule has 0 radical (unpaired) electrons. The summed E-state index contributed by atoms with van der Waals surface area (Å²) >= 11 is 9.15. The highest BCUT2D eigenvalue weighted by Gasteiger charge is 2.54. The summed E-state index contributed by atoms with van der Waals surface area (Å²) in [6.45, 7) is 1.78. The maximum Gasteiger partial charge on any atom is 0.353 e. The Hall–Kier alpha value is -2.62. The van der Waals surface area contributed by atoms with Crippen LogP contribution in [0.4, 0.5) is 5.13 Å². The molecule has 16 heteroatoms. The van der Waals surface area contributed by atoms with Crippen molar-refractivity contribution in [1.82, 2.24) is 24.6 Å². The number of fused-ring (bicyclic) bond motifs is 1. The molecule has 2 aromatic rings. The normalized spacial score (nSPS) is 21.1. The summed E-state index contributed by atoms with van der Waals surface area (Å²) in [6, 6.07) is -3.15. The second-order valence-corrected chi connectivity index (χ2v) is 10.4. The largest absolute Gasteiger partial charge is 0.477 e. The number of aryl methyl sites for hydroxylation is 1. The quantitative estimate of drug-likeness (QED) is 0.364. The van der Waals surface area contributed by atoms with Gasteiger partial charge in [-0.2, -0.15) is 4.37 Å². The van der Waals surface area contributed by atoms with Gasteiger partial charge in [-0.25, -0.2) is 14.8 Å². The SMILES string of the molecule is Cc1nc(SC2=C(C(=O)O)N3C(=O)C(NC(=O)C(N=O)c4nc(N)sc4Cl)C3CC2)ns1. The minimum atomic E-state index is -1.58. The summed E-state index contributed by atoms with van der Waals surface area (Å²) in [4.78, 5) is 58.3. The number of hydrogen-bond donors (Lipinski definition) is 3. The zero-order valence-corrected chi connectivity index (χ0v) is 19.3. The van der Waals surface area contributed by atoms with Crippen molar-refractivity contribution in [3.63, 3.8) is 0 Å². The maximum atomic E-state index is 12.8. The van der Waals surface area contributed by atoms with Crippen LogP contribution < -0.4 is 11.1 Å². The Kier molecular flexibility index (Phi) is 6.15. The van der Waals surface area contributed by atoms with Crippen LogP contribution in [0.1, 0.15) is 29.6 Å². The molecular weight excluding hydrogens is 502 g/mol. The fourth-order valence-electron chi connectivity index (χ4n) is 3.51. The molecule has 3 atom stereocenters. The van der Waals surface area contributed by atoms with Gasteiger partial charge in [0.15, 0.2) is 5.13 Å². The molecule has 2 aromatic heterocycles. The minimum absolute atomic E-state index is 0.0464. The van der Waals surface area contributed by atoms with E-state index in [4.69, 9.17) is 17.3 Å². The maximum absolute atomic E-state index is 12.8. The molecule has 0 spiro atoms. The third-order valence-electron chi connectivity index (χ3n) is 4.85. The first-order valence-electron chi connectivity index (χ1n) is 9.03. The molecule has 4 rings (SSSR count). The number of carboxylic acid groups (broad SMARTS) is 1. The molecule has 0 aromatic carbocycles. The molecule has 0 saturated carbocycles. The van der Waals surface area contributed by atoms with Crippen molar-refractivity contribution < 1.29 is 19.5 Å². The monoisotopic (exact) mass is 515 g/mol. The fraction of sp³-hybridized carbons (Fsp3) is 0.375. The highest BCUT2D eigenvalue weighted by molar-refractivity contribution is 8.03. The van der Waals surface area contributed by atoms with E-state index in [0.29, 0.717) is 22.9 Å². The predicted octanol–water partition coefficient (Wildman–Crippen LogP) is 1.92. The first kappa shape index (κ1) is 22.6. The summed E-state index contributed by atoms with van der Waals surface area (Å²) in [5.41, 5.74) is 5.30. The molecular formula is C16H14ClN7O5S3. The minimum Gasteiger partial charge on any atom is -0.477 e. The summed E-state index contributed by atoms with van der Waals surface area (Å²) < 4.78 is 4.19. The molecule has 32 heavy (non-hydrogen) atoms. The van der Waals surface area contributed by atoms with Gasteiger partial charge in [-0.15, -0.1) is 4.91 Å². The first-order valence-corrected chi connectivity index (χ1v) is 11.8. The number of amides is 2. The number of β-lactam (4-membered cyclic amide) rings is 1. The van der Waals surface area contributed by atoms with Crippen molar-refractivity contribution in [1.29, 1.82) is 0 Å². The second kappa shape index (κ2) is 8.73. The number of carboxylic acids is 1. The molecule has 2 aliphatic rings. The van der Waals surface area contributed by atoms with Crippen molar-refractivity contribution in [2.75, 3.05) is 5.73 Å². The molecule has 3 unspecified atom stereocenters. The number of carbonyl (C=O) groups excluding carboxylic acids is 2. The number of nitrogen functional groups attached to an aromatic ring is 1. The number of hydrogen-bond acceptors (Lipinski definition) is 12. The number of halogens is 1. The van der Waals surface area contributed by atoms with Crippen LogP contribution in [0, 0.1) is 11.8 Å². The topological polar surface area (TPSA) is 181 Å². The van der Waals surface area contributed by atoms with Crippen LogP contribution in [-0.2, 0) is 14.4 Å². The number of nitrogens with zero attached hydrogens (tertiary/aromatic N) is 5. The van der Waals surface area contributed by atoms with E-state index in [2.05, 4.69) is 24.8 Å². The zero-order chi connectivity index (χ0) is 23.2. The van der Waals surface area contributed by atoms with Gasteiger partial charge in [0.25, 0.3) is 11.8 Å². The molecule has 168 valence electrons. The Labute approximate surface area is 197 Å². The third kappa shape index (κ3) is 3.96. The van der Waals surface area contributed by atoms with E-state index in [9.17, 15) is 24.4 Å². The van der Waals surface area contributed by atoms with Crippen molar-refractivity contribution in [2.45, 2.75) is 43.0 Å². The number of aliphatic carboxylic acids is 1. The third-order valence-corrected chi connectivity index (χ3v) is 7.71. The summed E-state index contributed by atoms with van der Waals surface area (Å²) in [7, 11) is 0. The van der Waals surface area contributed by atoms with Gasteiger partial charge in [0, 0.05) is 4.91 Å². The molecule has 4 N–H and O–H groups in total. The lowest BCUT2D eigenvalue weighted by Gasteiger charge is -2.50. The Bertz CT molecular complexity index is 1160. The fourth-order valence-corrected chi connectivity index (χ4v) is 6.09. The van der Waals surface area contributed by atoms with Crippen LogP contribution in [0.3, 0.4) is 0 Å². The van der Waals surface area contributed by atoms with Gasteiger partial charge in [-0.3, -0.25) is 14.5 Å². The van der Waals surface area contributed by atoms with E-state index in [0.717, 1.165) is 33.0 Å². The van der Waals surface area contributed by atoms with E-state index in [1.54, 1.807) is 6.92 Å². The van der Waals surface area contributed by atoms with Crippen molar-refractivity contribution >= 4 is 69.1 Å². The highest BCUT2D eigenvalue weighted by Crippen LogP contribution is 2.43. The van der Waals surface area contributed by atoms with Gasteiger partial charge in [0.05, 0.1) is 6.04 Å². The van der Waals surface area contributed by atoms with Gasteiger partial charge >= 0.3 is 5.97 Å². The number of thiazole rings is 1. The average Bonchev–Trinajstić information content (AvgIpc) is 3.30. The Morgan fingerprint density at radius 1 is 1.44 bits per heavy atom. The number of thioether (sulfide) groups is 1. The standard InChI is InChI=1S/C16H14ClN7O5S3/c1-4-19-16(23-32-4)30-6-3-2-5-7(13(26)24(5)10(6)14(27)28)20-12(25)9(22-29)8-11(17)31-15(18)21-8/h5,7,9H,2-3H2,1H3,(H2,18,21)(H,20,25)(H,27,28). The summed E-state index contributed by atoms with van der Waals surface area (Å²) in [5, 5.41) is 16.2. The Morgan fingerprint density at radius 3 is 2.75 bits per heavy atom. The van der Waals surface area contributed by atoms with Crippen LogP contribution >= 0.6 is 46.2 Å². The van der Waals surface area contributed by atoms with Crippen LogP contribution in [0.2, 0.25) is 4.34 Å². The lowest BCUT2D eigenvalue weighted by atomic mass is 9.86. The second-order valence-electron chi connectivity index (χ2n) is 6.79. The number of nitroso groups, excluding NO2 is 1. The van der Waals surface area contributed by atoms with Crippen LogP contribution in [0.15, 0.2) is 20.9 Å². The van der Waals surface area contributed by atoms with Gasteiger partial charge in [0.1, 0.15) is 26.8 Å². The molecule has 2 aliphatic heterocycles. The molecule has 12 nitrogen and oxygen atoms in total. The molecule has 4 heterocycles. The number of rotatable bonds is 7. The van der Waals surface area contributed by atoms with E-state index in [1.807, 2.05) is 0 Å². The van der Waals surface area contributed by atoms with Gasteiger partial charge in [-0.1, -0.05) is 34.7 Å². The van der Waals surface area contributed by atoms with Crippen molar-refractivity contribution in [2.24, 2.45) is 5.18 Å². The summed E-state index contributed by atoms with van der Waals surface area (Å²) in [6.07, 6.45) is 0.762. The molecule has 0 bridgehead atoms. The lowest BCUT2D eigenvalue weighted by molar-refractivity contribution is -0.156. The number of nitrogens with one attached hydrogen (secondary N) is 1. The number of aromatic nitrogens is 3. The smallest absolute Gasteiger partial charge is 0.353 e. The highest BCUT2D eigenvalue weighted by atomic mass is 35.5. The van der Waals surface area contributed by atoms with Crippen molar-refractivity contribution in [3.05, 3.63) is 30.5 Å². The summed E-state index contributed by atoms with van der Waals surface area (Å²) in [5.74, 6) is -2.73. The van der Waals surface area contributed by atoms with Gasteiger partial charge in [-0.05, 0) is 36.5 Å². The van der Waals surface area contributed by atoms with E-state index < -0.39 is 35.9 Å². The Morgan fingerprint density at radius 2 is 2.19 bits per heavy atom. The van der Waals surface area contributed by atoms with Gasteiger partial charge < -0.3 is 16.2 Å². The number of anilines is 1. The first-order chi connectivity index (χ1) is 15.2. The van der Waals surface area contributed by atoms with E-state index in [1.165, 1.54) is 11.5 Å². The molecule has 2 amide bonds. The number of allylic oxidation sites excluding steroid dienone is 1. The molecule has 1 saturated heterocycles. The predicted molar refractivity (Wildman–Crippen MR) is 117 cm³/mol. The van der Waals surface area contributed by atoms with Crippen LogP contribution in [0.25, 0.3) is 0 Å². The van der Waals surface area contributed by atoms with Gasteiger partial charge in [0.2, 0.25) is 11.2 Å². The average molecular weight is 516 g/mol. The van der Waals surface area contributed by atoms with Crippen molar-refractivity contribution in [3.8, 4) is 0 Å². The number of carbonyl (C=O) groups is 3. The molecule has 1 fully saturated rings.